The van der Waals surface area contributed by atoms with Crippen molar-refractivity contribution >= 4 is 17.9 Å². The minimum atomic E-state index is -1.46. The third-order valence-corrected chi connectivity index (χ3v) is 2.77. The molecule has 0 aromatic carbocycles. The fraction of sp³-hybridized carbons (Fsp3) is 0.750. The highest BCUT2D eigenvalue weighted by Gasteiger charge is 2.48. The normalized spacial score (nSPS) is 32.1. The molecule has 0 aliphatic carbocycles. The molecule has 1 rings (SSSR count). The van der Waals surface area contributed by atoms with Gasteiger partial charge in [-0.05, 0) is 0 Å². The Morgan fingerprint density at radius 3 is 2.05 bits per heavy atom. The maximum Gasteiger partial charge on any atom is 0.303 e. The molecule has 0 radical (unpaired) electrons. The molecule has 21 heavy (non-hydrogen) atoms. The maximum atomic E-state index is 11.2. The molecule has 1 aliphatic heterocycles. The van der Waals surface area contributed by atoms with Crippen molar-refractivity contribution in [2.45, 2.75) is 51.4 Å². The lowest BCUT2D eigenvalue weighted by atomic mass is 9.97. The van der Waals surface area contributed by atoms with Gasteiger partial charge in [-0.2, -0.15) is 0 Å². The summed E-state index contributed by atoms with van der Waals surface area (Å²) in [6.45, 7) is 3.22. The smallest absolute Gasteiger partial charge is 0.303 e. The number of carbonyl (C=O) groups is 3. The third-order valence-electron chi connectivity index (χ3n) is 2.77. The standard InChI is InChI=1S/C12H19NO8/c1-5(14)18-4-8-10(19-6(2)15)11(20-7(3)16)9(13)12(17)21-8/h8-12,17H,4,13H2,1-3H3/t8-,9-,10?,11-,12-/m1/s1. The molecule has 0 bridgehead atoms. The first-order valence-electron chi connectivity index (χ1n) is 6.29. The molecular formula is C12H19NO8. The van der Waals surface area contributed by atoms with E-state index in [0.29, 0.717) is 0 Å². The number of hydrogen-bond acceptors (Lipinski definition) is 9. The highest BCUT2D eigenvalue weighted by atomic mass is 16.7. The van der Waals surface area contributed by atoms with Crippen LogP contribution in [0, 0.1) is 0 Å². The van der Waals surface area contributed by atoms with E-state index in [2.05, 4.69) is 0 Å². The second-order valence-corrected chi connectivity index (χ2v) is 4.59. The Bertz CT molecular complexity index is 412. The summed E-state index contributed by atoms with van der Waals surface area (Å²) in [5.74, 6) is -1.89. The van der Waals surface area contributed by atoms with Crippen LogP contribution in [-0.2, 0) is 33.3 Å². The highest BCUT2D eigenvalue weighted by Crippen LogP contribution is 2.24. The molecule has 0 saturated carbocycles. The minimum absolute atomic E-state index is 0.283. The van der Waals surface area contributed by atoms with Crippen molar-refractivity contribution in [1.82, 2.24) is 0 Å². The SMILES string of the molecule is CC(=O)OC[C@H]1O[C@@H](O)[C@H](N)[C@@H](OC(C)=O)C1OC(C)=O. The third kappa shape index (κ3) is 4.96. The van der Waals surface area contributed by atoms with E-state index in [4.69, 9.17) is 24.7 Å². The zero-order valence-corrected chi connectivity index (χ0v) is 12.0. The van der Waals surface area contributed by atoms with E-state index in [9.17, 15) is 19.5 Å². The number of rotatable bonds is 4. The minimum Gasteiger partial charge on any atom is -0.463 e. The summed E-state index contributed by atoms with van der Waals surface area (Å²) in [6.07, 6.45) is -4.67. The average Bonchev–Trinajstić information content (AvgIpc) is 2.35. The average molecular weight is 305 g/mol. The van der Waals surface area contributed by atoms with Crippen LogP contribution in [0.25, 0.3) is 0 Å². The lowest BCUT2D eigenvalue weighted by Crippen LogP contribution is -2.64. The fourth-order valence-electron chi connectivity index (χ4n) is 1.95. The van der Waals surface area contributed by atoms with Gasteiger partial charge in [-0.25, -0.2) is 0 Å². The van der Waals surface area contributed by atoms with Crippen molar-refractivity contribution < 1.29 is 38.4 Å². The summed E-state index contributed by atoms with van der Waals surface area (Å²) in [5, 5.41) is 9.73. The van der Waals surface area contributed by atoms with E-state index in [-0.39, 0.29) is 6.61 Å². The molecule has 1 saturated heterocycles. The number of hydrogen-bond donors (Lipinski definition) is 2. The van der Waals surface area contributed by atoms with Crippen LogP contribution < -0.4 is 5.73 Å². The molecule has 0 aromatic heterocycles. The number of aliphatic hydroxyl groups is 1. The van der Waals surface area contributed by atoms with Gasteiger partial charge in [0.05, 0.1) is 6.04 Å². The van der Waals surface area contributed by atoms with E-state index in [1.807, 2.05) is 0 Å². The van der Waals surface area contributed by atoms with E-state index in [1.54, 1.807) is 0 Å². The molecule has 0 spiro atoms. The van der Waals surface area contributed by atoms with Crippen LogP contribution in [0.1, 0.15) is 20.8 Å². The number of carbonyl (C=O) groups excluding carboxylic acids is 3. The molecule has 3 N–H and O–H groups in total. The Kier molecular flexibility index (Phi) is 6.06. The molecule has 9 heteroatoms. The van der Waals surface area contributed by atoms with Gasteiger partial charge in [-0.3, -0.25) is 14.4 Å². The molecule has 120 valence electrons. The van der Waals surface area contributed by atoms with Gasteiger partial charge in [-0.15, -0.1) is 0 Å². The van der Waals surface area contributed by atoms with Crippen LogP contribution in [0.2, 0.25) is 0 Å². The quantitative estimate of drug-likeness (QED) is 0.468. The lowest BCUT2D eigenvalue weighted by molar-refractivity contribution is -0.260. The van der Waals surface area contributed by atoms with E-state index in [0.717, 1.165) is 13.8 Å². The van der Waals surface area contributed by atoms with Crippen molar-refractivity contribution in [2.24, 2.45) is 5.73 Å². The largest absolute Gasteiger partial charge is 0.463 e. The fourth-order valence-corrected chi connectivity index (χ4v) is 1.95. The van der Waals surface area contributed by atoms with E-state index >= 15 is 0 Å². The summed E-state index contributed by atoms with van der Waals surface area (Å²) in [7, 11) is 0. The maximum absolute atomic E-state index is 11.2. The summed E-state index contributed by atoms with van der Waals surface area (Å²) >= 11 is 0. The zero-order valence-electron chi connectivity index (χ0n) is 12.0. The Morgan fingerprint density at radius 2 is 1.57 bits per heavy atom. The zero-order chi connectivity index (χ0) is 16.2. The van der Waals surface area contributed by atoms with Crippen LogP contribution in [0.15, 0.2) is 0 Å². The molecule has 0 amide bonds. The first-order chi connectivity index (χ1) is 9.72. The Hall–Kier alpha value is -1.71. The monoisotopic (exact) mass is 305 g/mol. The van der Waals surface area contributed by atoms with Crippen LogP contribution in [-0.4, -0.2) is 60.3 Å². The van der Waals surface area contributed by atoms with Crippen molar-refractivity contribution in [1.29, 1.82) is 0 Å². The lowest BCUT2D eigenvalue weighted by Gasteiger charge is -2.41. The van der Waals surface area contributed by atoms with Gasteiger partial charge in [0.15, 0.2) is 18.5 Å². The van der Waals surface area contributed by atoms with E-state index in [1.165, 1.54) is 6.92 Å². The van der Waals surface area contributed by atoms with Gasteiger partial charge in [0.25, 0.3) is 0 Å². The number of ether oxygens (including phenoxy) is 4. The molecule has 0 aromatic rings. The van der Waals surface area contributed by atoms with Crippen molar-refractivity contribution in [2.75, 3.05) is 6.61 Å². The topological polar surface area (TPSA) is 134 Å². The van der Waals surface area contributed by atoms with Crippen LogP contribution in [0.3, 0.4) is 0 Å². The van der Waals surface area contributed by atoms with Crippen molar-refractivity contribution in [3.63, 3.8) is 0 Å². The van der Waals surface area contributed by atoms with Crippen molar-refractivity contribution in [3.05, 3.63) is 0 Å². The van der Waals surface area contributed by atoms with Gasteiger partial charge >= 0.3 is 17.9 Å². The number of aliphatic hydroxyl groups excluding tert-OH is 1. The van der Waals surface area contributed by atoms with Gasteiger partial charge < -0.3 is 29.8 Å². The van der Waals surface area contributed by atoms with Gasteiger partial charge in [0.1, 0.15) is 12.7 Å². The molecule has 5 atom stereocenters. The number of esters is 3. The summed E-state index contributed by atoms with van der Waals surface area (Å²) in [4.78, 5) is 33.2. The van der Waals surface area contributed by atoms with Gasteiger partial charge in [0.2, 0.25) is 0 Å². The molecule has 1 fully saturated rings. The summed E-state index contributed by atoms with van der Waals surface area (Å²) in [5.41, 5.74) is 5.70. The molecular weight excluding hydrogens is 286 g/mol. The van der Waals surface area contributed by atoms with Crippen LogP contribution in [0.5, 0.6) is 0 Å². The molecule has 1 aliphatic rings. The summed E-state index contributed by atoms with van der Waals surface area (Å²) < 4.78 is 20.0. The van der Waals surface area contributed by atoms with Crippen molar-refractivity contribution in [3.8, 4) is 0 Å². The second-order valence-electron chi connectivity index (χ2n) is 4.59. The predicted octanol–water partition coefficient (Wildman–Crippen LogP) is -1.54. The van der Waals surface area contributed by atoms with Crippen LogP contribution in [0.4, 0.5) is 0 Å². The highest BCUT2D eigenvalue weighted by molar-refractivity contribution is 5.67. The van der Waals surface area contributed by atoms with Gasteiger partial charge in [0, 0.05) is 20.8 Å². The van der Waals surface area contributed by atoms with Gasteiger partial charge in [-0.1, -0.05) is 0 Å². The second kappa shape index (κ2) is 7.34. The molecule has 1 heterocycles. The Labute approximate surface area is 121 Å². The molecule has 1 unspecified atom stereocenters. The summed E-state index contributed by atoms with van der Waals surface area (Å²) in [6, 6.07) is -1.10. The van der Waals surface area contributed by atoms with Crippen LogP contribution >= 0.6 is 0 Å². The Morgan fingerprint density at radius 1 is 1.05 bits per heavy atom. The first kappa shape index (κ1) is 17.3. The first-order valence-corrected chi connectivity index (χ1v) is 6.29. The number of nitrogens with two attached hydrogens (primary N) is 1. The predicted molar refractivity (Wildman–Crippen MR) is 66.6 cm³/mol. The Balaban J connectivity index is 2.94. The molecule has 9 nitrogen and oxygen atoms in total. The van der Waals surface area contributed by atoms with E-state index < -0.39 is 48.6 Å².